The third kappa shape index (κ3) is 3.20. The zero-order valence-electron chi connectivity index (χ0n) is 12.5. The second kappa shape index (κ2) is 6.76. The molecule has 0 aromatic heterocycles. The molecule has 0 N–H and O–H groups in total. The van der Waals surface area contributed by atoms with Gasteiger partial charge in [-0.15, -0.1) is 0 Å². The van der Waals surface area contributed by atoms with E-state index in [1.54, 1.807) is 0 Å². The van der Waals surface area contributed by atoms with E-state index >= 15 is 0 Å². The van der Waals surface area contributed by atoms with E-state index < -0.39 is 0 Å². The predicted octanol–water partition coefficient (Wildman–Crippen LogP) is 6.86. The molecular weight excluding hydrogens is 332 g/mol. The van der Waals surface area contributed by atoms with E-state index in [1.165, 1.54) is 27.5 Å². The van der Waals surface area contributed by atoms with Crippen molar-refractivity contribution < 1.29 is 0 Å². The van der Waals surface area contributed by atoms with Crippen molar-refractivity contribution in [1.29, 1.82) is 0 Å². The highest BCUT2D eigenvalue weighted by Crippen LogP contribution is 2.32. The fourth-order valence-electron chi connectivity index (χ4n) is 2.60. The number of halogens is 1. The van der Waals surface area contributed by atoms with E-state index in [4.69, 9.17) is 0 Å². The van der Waals surface area contributed by atoms with Gasteiger partial charge in [0.05, 0.1) is 0 Å². The number of hydrogen-bond acceptors (Lipinski definition) is 0. The average Bonchev–Trinajstić information content (AvgIpc) is 2.54. The lowest BCUT2D eigenvalue weighted by atomic mass is 9.95. The molecule has 3 aromatic carbocycles. The van der Waals surface area contributed by atoms with Gasteiger partial charge in [-0.3, -0.25) is 0 Å². The van der Waals surface area contributed by atoms with Crippen LogP contribution in [0.15, 0.2) is 83.4 Å². The summed E-state index contributed by atoms with van der Waals surface area (Å²) in [7, 11) is 0. The molecule has 0 unspecified atom stereocenters. The van der Waals surface area contributed by atoms with E-state index in [-0.39, 0.29) is 0 Å². The van der Waals surface area contributed by atoms with Gasteiger partial charge in [0, 0.05) is 4.47 Å². The second-order valence-electron chi connectivity index (χ2n) is 5.18. The zero-order valence-corrected chi connectivity index (χ0v) is 14.0. The fourth-order valence-corrected chi connectivity index (χ4v) is 3.00. The molecule has 0 bridgehead atoms. The van der Waals surface area contributed by atoms with Crippen molar-refractivity contribution in [2.75, 3.05) is 0 Å². The molecule has 0 nitrogen and oxygen atoms in total. The molecule has 0 saturated heterocycles. The van der Waals surface area contributed by atoms with Crippen LogP contribution in [0.4, 0.5) is 0 Å². The van der Waals surface area contributed by atoms with Crippen LogP contribution in [0, 0.1) is 0 Å². The summed E-state index contributed by atoms with van der Waals surface area (Å²) in [4.78, 5) is 0. The minimum Gasteiger partial charge on any atom is -0.0877 e. The molecule has 0 amide bonds. The molecule has 0 atom stereocenters. The van der Waals surface area contributed by atoms with Gasteiger partial charge in [0.15, 0.2) is 0 Å². The monoisotopic (exact) mass is 348 g/mol. The van der Waals surface area contributed by atoms with Crippen molar-refractivity contribution in [2.24, 2.45) is 0 Å². The lowest BCUT2D eigenvalue weighted by Crippen LogP contribution is -1.84. The van der Waals surface area contributed by atoms with E-state index in [2.05, 4.69) is 88.7 Å². The summed E-state index contributed by atoms with van der Waals surface area (Å²) >= 11 is 3.57. The molecule has 0 spiro atoms. The normalized spacial score (nSPS) is 11.7. The second-order valence-corrected chi connectivity index (χ2v) is 6.10. The average molecular weight is 349 g/mol. The van der Waals surface area contributed by atoms with Gasteiger partial charge in [0.2, 0.25) is 0 Å². The number of benzene rings is 3. The van der Waals surface area contributed by atoms with E-state index in [9.17, 15) is 0 Å². The summed E-state index contributed by atoms with van der Waals surface area (Å²) in [5.41, 5.74) is 3.71. The molecule has 0 radical (unpaired) electrons. The van der Waals surface area contributed by atoms with Gasteiger partial charge in [-0.1, -0.05) is 76.6 Å². The molecule has 108 valence electrons. The quantitative estimate of drug-likeness (QED) is 0.453. The Kier molecular flexibility index (Phi) is 4.55. The summed E-state index contributed by atoms with van der Waals surface area (Å²) in [5, 5.41) is 2.55. The largest absolute Gasteiger partial charge is 0.0877 e. The Morgan fingerprint density at radius 2 is 1.73 bits per heavy atom. The van der Waals surface area contributed by atoms with Crippen LogP contribution in [0.5, 0.6) is 0 Å². The molecule has 3 rings (SSSR count). The first kappa shape index (κ1) is 14.8. The first-order valence-electron chi connectivity index (χ1n) is 7.36. The Morgan fingerprint density at radius 1 is 0.864 bits per heavy atom. The minimum atomic E-state index is 1.10. The SMILES string of the molecule is C/C=C\C=C/c1cc(-c2cccc(Br)c2)c2ccccc2c1. The molecule has 22 heavy (non-hydrogen) atoms. The number of rotatable bonds is 3. The first-order valence-corrected chi connectivity index (χ1v) is 8.15. The summed E-state index contributed by atoms with van der Waals surface area (Å²) < 4.78 is 1.10. The Hall–Kier alpha value is -2.12. The van der Waals surface area contributed by atoms with E-state index in [0.717, 1.165) is 4.47 Å². The van der Waals surface area contributed by atoms with Gasteiger partial charge in [-0.25, -0.2) is 0 Å². The van der Waals surface area contributed by atoms with Gasteiger partial charge in [-0.2, -0.15) is 0 Å². The van der Waals surface area contributed by atoms with Gasteiger partial charge in [-0.05, 0) is 58.7 Å². The Bertz CT molecular complexity index is 857. The maximum absolute atomic E-state index is 3.57. The van der Waals surface area contributed by atoms with Crippen molar-refractivity contribution in [2.45, 2.75) is 6.92 Å². The van der Waals surface area contributed by atoms with Crippen molar-refractivity contribution >= 4 is 32.8 Å². The third-order valence-corrected chi connectivity index (χ3v) is 4.11. The van der Waals surface area contributed by atoms with Crippen molar-refractivity contribution in [3.63, 3.8) is 0 Å². The Balaban J connectivity index is 2.22. The minimum absolute atomic E-state index is 1.10. The molecule has 3 aromatic rings. The van der Waals surface area contributed by atoms with Gasteiger partial charge in [0.25, 0.3) is 0 Å². The summed E-state index contributed by atoms with van der Waals surface area (Å²) in [6, 6.07) is 21.5. The van der Waals surface area contributed by atoms with Crippen molar-refractivity contribution in [3.05, 3.63) is 88.9 Å². The molecule has 0 aliphatic heterocycles. The maximum atomic E-state index is 3.57. The topological polar surface area (TPSA) is 0 Å². The van der Waals surface area contributed by atoms with Crippen LogP contribution < -0.4 is 0 Å². The highest BCUT2D eigenvalue weighted by atomic mass is 79.9. The smallest absolute Gasteiger partial charge is 0.0181 e. The molecular formula is C21H17Br. The first-order chi connectivity index (χ1) is 10.8. The number of allylic oxidation sites excluding steroid dienone is 3. The highest BCUT2D eigenvalue weighted by Gasteiger charge is 2.05. The summed E-state index contributed by atoms with van der Waals surface area (Å²) in [5.74, 6) is 0. The summed E-state index contributed by atoms with van der Waals surface area (Å²) in [6.07, 6.45) is 8.31. The van der Waals surface area contributed by atoms with Crippen molar-refractivity contribution in [3.8, 4) is 11.1 Å². The lowest BCUT2D eigenvalue weighted by Gasteiger charge is -2.09. The Labute approximate surface area is 139 Å². The molecule has 0 fully saturated rings. The van der Waals surface area contributed by atoms with Crippen molar-refractivity contribution in [1.82, 2.24) is 0 Å². The van der Waals surface area contributed by atoms with Crippen LogP contribution in [0.3, 0.4) is 0 Å². The lowest BCUT2D eigenvalue weighted by molar-refractivity contribution is 1.60. The summed E-state index contributed by atoms with van der Waals surface area (Å²) in [6.45, 7) is 2.03. The van der Waals surface area contributed by atoms with Crippen LogP contribution >= 0.6 is 15.9 Å². The van der Waals surface area contributed by atoms with Crippen LogP contribution in [-0.2, 0) is 0 Å². The maximum Gasteiger partial charge on any atom is 0.0181 e. The van der Waals surface area contributed by atoms with Crippen LogP contribution in [0.2, 0.25) is 0 Å². The van der Waals surface area contributed by atoms with Crippen LogP contribution in [0.25, 0.3) is 28.0 Å². The predicted molar refractivity (Wildman–Crippen MR) is 101 cm³/mol. The Morgan fingerprint density at radius 3 is 2.55 bits per heavy atom. The number of fused-ring (bicyclic) bond motifs is 1. The van der Waals surface area contributed by atoms with Crippen LogP contribution in [0.1, 0.15) is 12.5 Å². The standard InChI is InChI=1S/C21H17Br/c1-2-3-4-8-16-13-17-9-5-6-12-20(17)21(14-16)18-10-7-11-19(22)15-18/h2-15H,1H3/b3-2-,8-4-. The molecule has 0 saturated carbocycles. The van der Waals surface area contributed by atoms with Crippen LogP contribution in [-0.4, -0.2) is 0 Å². The van der Waals surface area contributed by atoms with E-state index in [1.807, 2.05) is 19.1 Å². The molecule has 0 aliphatic rings. The highest BCUT2D eigenvalue weighted by molar-refractivity contribution is 9.10. The zero-order chi connectivity index (χ0) is 15.4. The molecule has 0 aliphatic carbocycles. The molecule has 0 heterocycles. The van der Waals surface area contributed by atoms with E-state index in [0.29, 0.717) is 0 Å². The number of hydrogen-bond donors (Lipinski definition) is 0. The van der Waals surface area contributed by atoms with Gasteiger partial charge in [0.1, 0.15) is 0 Å². The van der Waals surface area contributed by atoms with Gasteiger partial charge >= 0.3 is 0 Å². The fraction of sp³-hybridized carbons (Fsp3) is 0.0476. The van der Waals surface area contributed by atoms with Gasteiger partial charge < -0.3 is 0 Å². The third-order valence-electron chi connectivity index (χ3n) is 3.61. The molecule has 1 heteroatoms.